The first kappa shape index (κ1) is 20.1. The summed E-state index contributed by atoms with van der Waals surface area (Å²) in [4.78, 5) is 6.83. The van der Waals surface area contributed by atoms with E-state index in [1.807, 2.05) is 0 Å². The van der Waals surface area contributed by atoms with Gasteiger partial charge in [-0.3, -0.25) is 4.99 Å². The number of nitrogens with one attached hydrogen (secondary N) is 2. The Balaban J connectivity index is 1.57. The molecule has 2 unspecified atom stereocenters. The lowest BCUT2D eigenvalue weighted by Crippen LogP contribution is -2.53. The van der Waals surface area contributed by atoms with Crippen LogP contribution in [0.2, 0.25) is 0 Å². The second-order valence-electron chi connectivity index (χ2n) is 6.66. The third kappa shape index (κ3) is 4.98. The molecule has 2 atom stereocenters. The van der Waals surface area contributed by atoms with Gasteiger partial charge in [-0.2, -0.15) is 0 Å². The Kier molecular flexibility index (Phi) is 6.69. The number of hydrogen-bond donors (Lipinski definition) is 2. The Bertz CT molecular complexity index is 745. The number of aliphatic imine (C=N–C) groups is 1. The highest BCUT2D eigenvalue weighted by molar-refractivity contribution is 7.89. The molecule has 0 spiro atoms. The predicted molar refractivity (Wildman–Crippen MR) is 103 cm³/mol. The Labute approximate surface area is 161 Å². The van der Waals surface area contributed by atoms with Crippen molar-refractivity contribution in [2.45, 2.75) is 36.5 Å². The van der Waals surface area contributed by atoms with Crippen LogP contribution in [0.15, 0.2) is 34.2 Å². The highest BCUT2D eigenvalue weighted by Crippen LogP contribution is 2.21. The van der Waals surface area contributed by atoms with Gasteiger partial charge < -0.3 is 19.7 Å². The molecular formula is C18H28N4O4S. The maximum atomic E-state index is 11.8. The van der Waals surface area contributed by atoms with Crippen LogP contribution in [-0.2, 0) is 26.0 Å². The predicted octanol–water partition coefficient (Wildman–Crippen LogP) is 0.550. The van der Waals surface area contributed by atoms with E-state index >= 15 is 0 Å². The third-order valence-corrected chi connectivity index (χ3v) is 6.37. The lowest BCUT2D eigenvalue weighted by atomic mass is 10.1. The molecule has 1 aromatic rings. The molecule has 2 saturated heterocycles. The van der Waals surface area contributed by atoms with Crippen LogP contribution in [0.3, 0.4) is 0 Å². The zero-order valence-electron chi connectivity index (χ0n) is 15.8. The van der Waals surface area contributed by atoms with Gasteiger partial charge in [0.25, 0.3) is 0 Å². The van der Waals surface area contributed by atoms with Crippen molar-refractivity contribution in [2.24, 2.45) is 4.99 Å². The fourth-order valence-electron chi connectivity index (χ4n) is 3.41. The molecule has 0 aromatic heterocycles. The van der Waals surface area contributed by atoms with E-state index in [1.165, 1.54) is 7.05 Å². The fourth-order valence-corrected chi connectivity index (χ4v) is 4.14. The topological polar surface area (TPSA) is 92.3 Å². The van der Waals surface area contributed by atoms with Gasteiger partial charge in [-0.1, -0.05) is 12.1 Å². The average Bonchev–Trinajstić information content (AvgIpc) is 3.24. The quantitative estimate of drug-likeness (QED) is 0.558. The summed E-state index contributed by atoms with van der Waals surface area (Å²) in [6, 6.07) is 6.82. The first-order valence-electron chi connectivity index (χ1n) is 9.25. The number of benzene rings is 1. The molecule has 0 bridgehead atoms. The summed E-state index contributed by atoms with van der Waals surface area (Å²) in [7, 11) is -0.241. The summed E-state index contributed by atoms with van der Waals surface area (Å²) < 4.78 is 37.6. The van der Waals surface area contributed by atoms with Crippen LogP contribution in [0, 0.1) is 0 Å². The van der Waals surface area contributed by atoms with Gasteiger partial charge in [0.05, 0.1) is 17.6 Å². The molecule has 1 aromatic carbocycles. The highest BCUT2D eigenvalue weighted by Gasteiger charge is 2.32. The number of morpholine rings is 1. The van der Waals surface area contributed by atoms with Gasteiger partial charge in [-0.15, -0.1) is 0 Å². The maximum Gasteiger partial charge on any atom is 0.240 e. The van der Waals surface area contributed by atoms with E-state index in [-0.39, 0.29) is 17.1 Å². The van der Waals surface area contributed by atoms with E-state index in [2.05, 4.69) is 19.9 Å². The van der Waals surface area contributed by atoms with Crippen molar-refractivity contribution in [1.29, 1.82) is 0 Å². The molecule has 3 rings (SSSR count). The van der Waals surface area contributed by atoms with Crippen molar-refractivity contribution in [3.05, 3.63) is 29.8 Å². The molecule has 9 heteroatoms. The van der Waals surface area contributed by atoms with Crippen molar-refractivity contribution < 1.29 is 17.9 Å². The van der Waals surface area contributed by atoms with E-state index in [9.17, 15) is 8.42 Å². The summed E-state index contributed by atoms with van der Waals surface area (Å²) in [5.41, 5.74) is 0.982. The molecule has 2 aliphatic rings. The van der Waals surface area contributed by atoms with Crippen molar-refractivity contribution in [1.82, 2.24) is 14.9 Å². The van der Waals surface area contributed by atoms with Crippen molar-refractivity contribution in [3.8, 4) is 0 Å². The first-order valence-corrected chi connectivity index (χ1v) is 10.7. The van der Waals surface area contributed by atoms with Crippen molar-refractivity contribution in [2.75, 3.05) is 40.4 Å². The molecule has 2 fully saturated rings. The highest BCUT2D eigenvalue weighted by atomic mass is 32.2. The SMILES string of the molecule is CN=C(NCc1ccc(S(=O)(=O)NC)cc1)N1CCOC(C2CCCO2)C1. The van der Waals surface area contributed by atoms with Crippen molar-refractivity contribution >= 4 is 16.0 Å². The van der Waals surface area contributed by atoms with E-state index < -0.39 is 10.0 Å². The lowest BCUT2D eigenvalue weighted by molar-refractivity contribution is -0.0817. The number of ether oxygens (including phenoxy) is 2. The van der Waals surface area contributed by atoms with E-state index in [4.69, 9.17) is 9.47 Å². The van der Waals surface area contributed by atoms with Crippen LogP contribution in [0.1, 0.15) is 18.4 Å². The van der Waals surface area contributed by atoms with E-state index in [0.29, 0.717) is 13.2 Å². The largest absolute Gasteiger partial charge is 0.375 e. The molecule has 0 amide bonds. The van der Waals surface area contributed by atoms with Crippen LogP contribution in [0.4, 0.5) is 0 Å². The summed E-state index contributed by atoms with van der Waals surface area (Å²) in [6.07, 6.45) is 2.39. The number of sulfonamides is 1. The van der Waals surface area contributed by atoms with Crippen LogP contribution in [-0.4, -0.2) is 71.9 Å². The second-order valence-corrected chi connectivity index (χ2v) is 8.55. The molecular weight excluding hydrogens is 368 g/mol. The summed E-state index contributed by atoms with van der Waals surface area (Å²) >= 11 is 0. The van der Waals surface area contributed by atoms with Gasteiger partial charge in [0.2, 0.25) is 10.0 Å². The smallest absolute Gasteiger partial charge is 0.240 e. The number of hydrogen-bond acceptors (Lipinski definition) is 5. The lowest BCUT2D eigenvalue weighted by Gasteiger charge is -2.37. The molecule has 8 nitrogen and oxygen atoms in total. The summed E-state index contributed by atoms with van der Waals surface area (Å²) in [6.45, 7) is 3.57. The van der Waals surface area contributed by atoms with Crippen LogP contribution >= 0.6 is 0 Å². The molecule has 27 heavy (non-hydrogen) atoms. The minimum Gasteiger partial charge on any atom is -0.375 e. The minimum absolute atomic E-state index is 0.0748. The molecule has 0 aliphatic carbocycles. The van der Waals surface area contributed by atoms with Gasteiger partial charge in [0.15, 0.2) is 5.96 Å². The molecule has 0 radical (unpaired) electrons. The Morgan fingerprint density at radius 1 is 1.22 bits per heavy atom. The monoisotopic (exact) mass is 396 g/mol. The fraction of sp³-hybridized carbons (Fsp3) is 0.611. The summed E-state index contributed by atoms with van der Waals surface area (Å²) in [5.74, 6) is 0.813. The van der Waals surface area contributed by atoms with Gasteiger partial charge in [0.1, 0.15) is 6.10 Å². The van der Waals surface area contributed by atoms with Crippen LogP contribution in [0.5, 0.6) is 0 Å². The standard InChI is InChI=1S/C18H28N4O4S/c1-19-18(22-9-11-26-17(13-22)16-4-3-10-25-16)21-12-14-5-7-15(8-6-14)27(23,24)20-2/h5-8,16-17,20H,3-4,9-13H2,1-2H3,(H,19,21). The van der Waals surface area contributed by atoms with Crippen LogP contribution in [0.25, 0.3) is 0 Å². The summed E-state index contributed by atoms with van der Waals surface area (Å²) in [5, 5.41) is 3.35. The number of guanidine groups is 1. The Morgan fingerprint density at radius 3 is 2.59 bits per heavy atom. The number of nitrogens with zero attached hydrogens (tertiary/aromatic N) is 2. The van der Waals surface area contributed by atoms with Crippen LogP contribution < -0.4 is 10.0 Å². The van der Waals surface area contributed by atoms with E-state index in [0.717, 1.165) is 44.1 Å². The maximum absolute atomic E-state index is 11.8. The normalized spacial score (nSPS) is 24.2. The van der Waals surface area contributed by atoms with Gasteiger partial charge in [-0.25, -0.2) is 13.1 Å². The molecule has 2 aliphatic heterocycles. The minimum atomic E-state index is -3.41. The van der Waals surface area contributed by atoms with Gasteiger partial charge in [0, 0.05) is 33.3 Å². The van der Waals surface area contributed by atoms with Gasteiger partial charge >= 0.3 is 0 Å². The molecule has 2 heterocycles. The molecule has 0 saturated carbocycles. The van der Waals surface area contributed by atoms with Gasteiger partial charge in [-0.05, 0) is 37.6 Å². The zero-order valence-corrected chi connectivity index (χ0v) is 16.7. The molecule has 2 N–H and O–H groups in total. The van der Waals surface area contributed by atoms with E-state index in [1.54, 1.807) is 31.3 Å². The first-order chi connectivity index (χ1) is 13.0. The third-order valence-electron chi connectivity index (χ3n) is 4.94. The average molecular weight is 397 g/mol. The number of rotatable bonds is 5. The molecule has 150 valence electrons. The van der Waals surface area contributed by atoms with Crippen molar-refractivity contribution in [3.63, 3.8) is 0 Å². The second kappa shape index (κ2) is 9.01. The Hall–Kier alpha value is -1.68. The Morgan fingerprint density at radius 2 is 1.96 bits per heavy atom. The zero-order chi connectivity index (χ0) is 19.3.